The van der Waals surface area contributed by atoms with E-state index >= 15 is 0 Å². The molecule has 0 saturated heterocycles. The van der Waals surface area contributed by atoms with Gasteiger partial charge in [-0.05, 0) is 12.1 Å². The molecule has 0 atom stereocenters. The lowest BCUT2D eigenvalue weighted by Gasteiger charge is -2.15. The summed E-state index contributed by atoms with van der Waals surface area (Å²) in [6, 6.07) is 6.21. The first kappa shape index (κ1) is 13.5. The first-order valence-corrected chi connectivity index (χ1v) is 7.96. The maximum Gasteiger partial charge on any atom is 0.201 e. The lowest BCUT2D eigenvalue weighted by atomic mass is 10.1. The fourth-order valence-corrected chi connectivity index (χ4v) is 3.36. The van der Waals surface area contributed by atoms with Crippen LogP contribution in [0.4, 0.5) is 0 Å². The van der Waals surface area contributed by atoms with Gasteiger partial charge in [-0.1, -0.05) is 28.1 Å². The van der Waals surface area contributed by atoms with Gasteiger partial charge in [0.2, 0.25) is 9.84 Å². The van der Waals surface area contributed by atoms with Crippen LogP contribution >= 0.6 is 15.9 Å². The summed E-state index contributed by atoms with van der Waals surface area (Å²) in [5, 5.41) is 1.64. The highest BCUT2D eigenvalue weighted by molar-refractivity contribution is 9.09. The third-order valence-electron chi connectivity index (χ3n) is 2.51. The molecule has 1 aromatic rings. The van der Waals surface area contributed by atoms with E-state index in [0.717, 1.165) is 5.41 Å². The Morgan fingerprint density at radius 3 is 2.67 bits per heavy atom. The van der Waals surface area contributed by atoms with Gasteiger partial charge >= 0.3 is 0 Å². The molecule has 96 valence electrons. The zero-order valence-electron chi connectivity index (χ0n) is 9.43. The summed E-state index contributed by atoms with van der Waals surface area (Å²) in [4.78, 5) is 12.1. The number of ketones is 1. The lowest BCUT2D eigenvalue weighted by molar-refractivity contribution is 0.0988. The number of carbonyl (C=O) groups excluding carboxylic acids is 1. The Morgan fingerprint density at radius 2 is 1.94 bits per heavy atom. The molecule has 0 amide bonds. The smallest absolute Gasteiger partial charge is 0.201 e. The number of fused-ring (bicyclic) bond motifs is 1. The van der Waals surface area contributed by atoms with Gasteiger partial charge in [0.25, 0.3) is 0 Å². The predicted molar refractivity (Wildman–Crippen MR) is 70.7 cm³/mol. The SMILES string of the molecule is O=C1C(COCCBr)=CS(=O)(=O)c2ccccc21. The molecule has 2 rings (SSSR count). The maximum atomic E-state index is 12.1. The molecule has 0 radical (unpaired) electrons. The van der Waals surface area contributed by atoms with Crippen LogP contribution in [0.3, 0.4) is 0 Å². The van der Waals surface area contributed by atoms with Crippen molar-refractivity contribution < 1.29 is 17.9 Å². The van der Waals surface area contributed by atoms with E-state index in [1.807, 2.05) is 0 Å². The molecule has 0 aromatic heterocycles. The van der Waals surface area contributed by atoms with E-state index in [2.05, 4.69) is 15.9 Å². The Kier molecular flexibility index (Phi) is 3.99. The quantitative estimate of drug-likeness (QED) is 0.625. The Morgan fingerprint density at radius 1 is 1.22 bits per heavy atom. The minimum absolute atomic E-state index is 0.0119. The second-order valence-electron chi connectivity index (χ2n) is 3.75. The van der Waals surface area contributed by atoms with Gasteiger partial charge in [0.1, 0.15) is 0 Å². The topological polar surface area (TPSA) is 60.4 Å². The Balaban J connectivity index is 2.37. The molecule has 1 aromatic carbocycles. The molecule has 1 heterocycles. The number of hydrogen-bond donors (Lipinski definition) is 0. The average molecular weight is 331 g/mol. The molecule has 6 heteroatoms. The van der Waals surface area contributed by atoms with Crippen molar-refractivity contribution >= 4 is 31.6 Å². The first-order chi connectivity index (χ1) is 8.56. The maximum absolute atomic E-state index is 12.1. The van der Waals surface area contributed by atoms with E-state index in [-0.39, 0.29) is 28.4 Å². The molecule has 18 heavy (non-hydrogen) atoms. The summed E-state index contributed by atoms with van der Waals surface area (Å²) in [6.07, 6.45) is 0. The summed E-state index contributed by atoms with van der Waals surface area (Å²) in [6.45, 7) is 0.435. The standard InChI is InChI=1S/C12H11BrO4S/c13-5-6-17-7-9-8-18(15,16)11-4-2-1-3-10(11)12(9)14/h1-4,8H,5-7H2. The van der Waals surface area contributed by atoms with Crippen LogP contribution in [0.15, 0.2) is 40.1 Å². The normalized spacial score (nSPS) is 17.2. The van der Waals surface area contributed by atoms with Crippen LogP contribution in [0.2, 0.25) is 0 Å². The minimum Gasteiger partial charge on any atom is -0.376 e. The number of rotatable bonds is 4. The van der Waals surface area contributed by atoms with Crippen molar-refractivity contribution in [2.45, 2.75) is 4.90 Å². The molecular formula is C12H11BrO4S. The van der Waals surface area contributed by atoms with Crippen LogP contribution in [0.25, 0.3) is 0 Å². The zero-order chi connectivity index (χ0) is 13.2. The van der Waals surface area contributed by atoms with Crippen LogP contribution in [-0.2, 0) is 14.6 Å². The fourth-order valence-electron chi connectivity index (χ4n) is 1.72. The van der Waals surface area contributed by atoms with Crippen LogP contribution in [0, 0.1) is 0 Å². The number of sulfone groups is 1. The van der Waals surface area contributed by atoms with E-state index in [0.29, 0.717) is 11.9 Å². The molecule has 1 aliphatic heterocycles. The van der Waals surface area contributed by atoms with Crippen LogP contribution < -0.4 is 0 Å². The number of alkyl halides is 1. The average Bonchev–Trinajstić information content (AvgIpc) is 2.36. The van der Waals surface area contributed by atoms with Gasteiger partial charge in [-0.2, -0.15) is 0 Å². The van der Waals surface area contributed by atoms with Gasteiger partial charge in [0.05, 0.1) is 18.1 Å². The van der Waals surface area contributed by atoms with Gasteiger partial charge in [-0.25, -0.2) is 8.42 Å². The second kappa shape index (κ2) is 5.34. The van der Waals surface area contributed by atoms with Gasteiger partial charge in [0, 0.05) is 21.9 Å². The lowest BCUT2D eigenvalue weighted by Crippen LogP contribution is -2.20. The number of hydrogen-bond acceptors (Lipinski definition) is 4. The Hall–Kier alpha value is -0.980. The molecule has 0 N–H and O–H groups in total. The number of Topliss-reactive ketones (excluding diaryl/α,β-unsaturated/α-hetero) is 1. The molecule has 0 spiro atoms. The number of benzene rings is 1. The van der Waals surface area contributed by atoms with E-state index in [4.69, 9.17) is 4.74 Å². The molecule has 1 aliphatic rings. The Labute approximate surface area is 114 Å². The first-order valence-electron chi connectivity index (χ1n) is 5.29. The van der Waals surface area contributed by atoms with E-state index in [1.165, 1.54) is 12.1 Å². The summed E-state index contributed by atoms with van der Waals surface area (Å²) >= 11 is 3.19. The molecule has 4 nitrogen and oxygen atoms in total. The largest absolute Gasteiger partial charge is 0.376 e. The van der Waals surface area contributed by atoms with E-state index < -0.39 is 9.84 Å². The van der Waals surface area contributed by atoms with Gasteiger partial charge in [-0.3, -0.25) is 4.79 Å². The molecule has 0 saturated carbocycles. The van der Waals surface area contributed by atoms with Crippen molar-refractivity contribution in [2.24, 2.45) is 0 Å². The third-order valence-corrected chi connectivity index (χ3v) is 4.39. The Bertz CT molecular complexity index is 604. The van der Waals surface area contributed by atoms with E-state index in [9.17, 15) is 13.2 Å². The van der Waals surface area contributed by atoms with Crippen molar-refractivity contribution in [3.63, 3.8) is 0 Å². The second-order valence-corrected chi connectivity index (χ2v) is 6.31. The number of halogens is 1. The molecular weight excluding hydrogens is 320 g/mol. The van der Waals surface area contributed by atoms with Crippen LogP contribution in [0.1, 0.15) is 10.4 Å². The van der Waals surface area contributed by atoms with Crippen LogP contribution in [-0.4, -0.2) is 32.7 Å². The number of carbonyl (C=O) groups is 1. The highest BCUT2D eigenvalue weighted by Crippen LogP contribution is 2.27. The van der Waals surface area contributed by atoms with Crippen molar-refractivity contribution in [2.75, 3.05) is 18.5 Å². The minimum atomic E-state index is -3.54. The summed E-state index contributed by atoms with van der Waals surface area (Å²) in [5.41, 5.74) is 0.395. The monoisotopic (exact) mass is 330 g/mol. The van der Waals surface area contributed by atoms with Gasteiger partial charge in [-0.15, -0.1) is 0 Å². The highest BCUT2D eigenvalue weighted by Gasteiger charge is 2.29. The fraction of sp³-hybridized carbons (Fsp3) is 0.250. The van der Waals surface area contributed by atoms with Crippen molar-refractivity contribution in [1.29, 1.82) is 0 Å². The number of ether oxygens (including phenoxy) is 1. The summed E-state index contributed by atoms with van der Waals surface area (Å²) in [5.74, 6) is -0.282. The summed E-state index contributed by atoms with van der Waals surface area (Å²) in [7, 11) is -3.54. The molecule has 0 fully saturated rings. The predicted octanol–water partition coefficient (Wildman–Crippen LogP) is 1.95. The van der Waals surface area contributed by atoms with E-state index in [1.54, 1.807) is 12.1 Å². The molecule has 0 aliphatic carbocycles. The van der Waals surface area contributed by atoms with Gasteiger partial charge in [0.15, 0.2) is 5.78 Å². The van der Waals surface area contributed by atoms with Gasteiger partial charge < -0.3 is 4.74 Å². The zero-order valence-corrected chi connectivity index (χ0v) is 11.8. The van der Waals surface area contributed by atoms with Crippen molar-refractivity contribution in [3.8, 4) is 0 Å². The third kappa shape index (κ3) is 2.55. The van der Waals surface area contributed by atoms with Crippen LogP contribution in [0.5, 0.6) is 0 Å². The summed E-state index contributed by atoms with van der Waals surface area (Å²) < 4.78 is 29.1. The van der Waals surface area contributed by atoms with Crippen molar-refractivity contribution in [1.82, 2.24) is 0 Å². The molecule has 0 bridgehead atoms. The van der Waals surface area contributed by atoms with Crippen molar-refractivity contribution in [3.05, 3.63) is 40.8 Å². The highest BCUT2D eigenvalue weighted by atomic mass is 79.9. The molecule has 0 unspecified atom stereocenters.